The van der Waals surface area contributed by atoms with Crippen molar-refractivity contribution in [2.45, 2.75) is 32.7 Å². The summed E-state index contributed by atoms with van der Waals surface area (Å²) in [6.45, 7) is 8.49. The maximum Gasteiger partial charge on any atom is 0.191 e. The largest absolute Gasteiger partial charge is 0.493 e. The van der Waals surface area contributed by atoms with Gasteiger partial charge in [0.1, 0.15) is 0 Å². The Morgan fingerprint density at radius 3 is 2.43 bits per heavy atom. The number of benzene rings is 1. The zero-order valence-corrected chi connectivity index (χ0v) is 22.1. The van der Waals surface area contributed by atoms with E-state index in [0.29, 0.717) is 13.1 Å². The van der Waals surface area contributed by atoms with E-state index in [1.165, 1.54) is 0 Å². The summed E-state index contributed by atoms with van der Waals surface area (Å²) in [5.41, 5.74) is 2.00. The molecule has 0 spiro atoms. The van der Waals surface area contributed by atoms with Crippen LogP contribution in [0.3, 0.4) is 0 Å². The molecule has 1 aromatic carbocycles. The van der Waals surface area contributed by atoms with Crippen LogP contribution in [-0.4, -0.2) is 52.3 Å². The Bertz CT molecular complexity index is 823. The van der Waals surface area contributed by atoms with Gasteiger partial charge in [0, 0.05) is 38.0 Å². The van der Waals surface area contributed by atoms with E-state index in [2.05, 4.69) is 52.8 Å². The van der Waals surface area contributed by atoms with Crippen molar-refractivity contribution in [2.75, 3.05) is 46.3 Å². The summed E-state index contributed by atoms with van der Waals surface area (Å²) in [6, 6.07) is 6.05. The highest BCUT2D eigenvalue weighted by atomic mass is 127. The Morgan fingerprint density at radius 2 is 1.87 bits per heavy atom. The van der Waals surface area contributed by atoms with Crippen molar-refractivity contribution in [1.29, 1.82) is 0 Å². The number of thiazole rings is 1. The molecular weight excluding hydrogens is 513 g/mol. The number of halogens is 1. The molecule has 0 aliphatic carbocycles. The van der Waals surface area contributed by atoms with Crippen molar-refractivity contribution in [3.63, 3.8) is 0 Å². The molecule has 2 aromatic rings. The molecule has 2 N–H and O–H groups in total. The Labute approximate surface area is 201 Å². The molecule has 30 heavy (non-hydrogen) atoms. The van der Waals surface area contributed by atoms with E-state index >= 15 is 0 Å². The number of hydrogen-bond donors (Lipinski definition) is 2. The van der Waals surface area contributed by atoms with Crippen LogP contribution in [0.15, 0.2) is 28.6 Å². The average molecular weight is 548 g/mol. The molecule has 0 radical (unpaired) electrons. The van der Waals surface area contributed by atoms with Crippen molar-refractivity contribution >= 4 is 46.4 Å². The fraction of sp³-hybridized carbons (Fsp3) is 0.524. The van der Waals surface area contributed by atoms with Crippen LogP contribution in [0.2, 0.25) is 0 Å². The number of ether oxygens (including phenoxy) is 2. The molecule has 0 aliphatic heterocycles. The van der Waals surface area contributed by atoms with Crippen molar-refractivity contribution < 1.29 is 9.47 Å². The standard InChI is InChI=1S/C21H33N5O2S.HI/c1-8-22-19(23-12-16-13-29-20(25-16)26(4)5)24-14-21(2,3)15-9-10-17(27-6)18(11-15)28-7;/h9-11,13H,8,12,14H2,1-7H3,(H2,22,23,24);1H. The molecule has 1 aromatic heterocycles. The normalized spacial score (nSPS) is 11.5. The molecule has 0 aliphatic rings. The van der Waals surface area contributed by atoms with Crippen LogP contribution in [0.1, 0.15) is 32.0 Å². The third-order valence-corrected chi connectivity index (χ3v) is 5.59. The fourth-order valence-corrected chi connectivity index (χ4v) is 3.49. The van der Waals surface area contributed by atoms with Crippen LogP contribution in [0, 0.1) is 0 Å². The number of nitrogens with zero attached hydrogens (tertiary/aromatic N) is 3. The number of anilines is 1. The SMILES string of the molecule is CCNC(=NCc1csc(N(C)C)n1)NCC(C)(C)c1ccc(OC)c(OC)c1.I. The van der Waals surface area contributed by atoms with E-state index in [1.807, 2.05) is 31.1 Å². The molecule has 7 nitrogen and oxygen atoms in total. The summed E-state index contributed by atoms with van der Waals surface area (Å²) in [5.74, 6) is 2.24. The average Bonchev–Trinajstić information content (AvgIpc) is 3.19. The first-order chi connectivity index (χ1) is 13.8. The predicted molar refractivity (Wildman–Crippen MR) is 137 cm³/mol. The zero-order chi connectivity index (χ0) is 21.4. The van der Waals surface area contributed by atoms with Gasteiger partial charge in [-0.1, -0.05) is 19.9 Å². The zero-order valence-electron chi connectivity index (χ0n) is 18.9. The van der Waals surface area contributed by atoms with Gasteiger partial charge < -0.3 is 25.0 Å². The first-order valence-corrected chi connectivity index (χ1v) is 10.5. The van der Waals surface area contributed by atoms with Crippen LogP contribution in [0.25, 0.3) is 0 Å². The van der Waals surface area contributed by atoms with Gasteiger partial charge in [-0.2, -0.15) is 0 Å². The topological polar surface area (TPSA) is 71.0 Å². The van der Waals surface area contributed by atoms with E-state index in [1.54, 1.807) is 25.6 Å². The minimum Gasteiger partial charge on any atom is -0.493 e. The molecular formula is C21H34IN5O2S. The highest BCUT2D eigenvalue weighted by molar-refractivity contribution is 14.0. The molecule has 2 rings (SSSR count). The summed E-state index contributed by atoms with van der Waals surface area (Å²) < 4.78 is 10.8. The first-order valence-electron chi connectivity index (χ1n) is 9.67. The monoisotopic (exact) mass is 547 g/mol. The first kappa shape index (κ1) is 26.3. The minimum atomic E-state index is -0.130. The number of guanidine groups is 1. The molecule has 1 heterocycles. The summed E-state index contributed by atoms with van der Waals surface area (Å²) in [6.07, 6.45) is 0. The molecule has 0 amide bonds. The Morgan fingerprint density at radius 1 is 1.17 bits per heavy atom. The molecule has 0 unspecified atom stereocenters. The lowest BCUT2D eigenvalue weighted by molar-refractivity contribution is 0.353. The van der Waals surface area contributed by atoms with Gasteiger partial charge in [-0.3, -0.25) is 0 Å². The van der Waals surface area contributed by atoms with Gasteiger partial charge in [-0.25, -0.2) is 9.98 Å². The highest BCUT2D eigenvalue weighted by Crippen LogP contribution is 2.32. The second-order valence-electron chi connectivity index (χ2n) is 7.52. The molecule has 0 saturated heterocycles. The maximum atomic E-state index is 5.45. The van der Waals surface area contributed by atoms with Crippen LogP contribution >= 0.6 is 35.3 Å². The third kappa shape index (κ3) is 7.19. The van der Waals surface area contributed by atoms with Crippen molar-refractivity contribution in [2.24, 2.45) is 4.99 Å². The second-order valence-corrected chi connectivity index (χ2v) is 8.35. The van der Waals surface area contributed by atoms with E-state index in [0.717, 1.165) is 40.4 Å². The number of nitrogens with one attached hydrogen (secondary N) is 2. The number of hydrogen-bond acceptors (Lipinski definition) is 6. The molecule has 9 heteroatoms. The minimum absolute atomic E-state index is 0. The van der Waals surface area contributed by atoms with Crippen molar-refractivity contribution in [3.8, 4) is 11.5 Å². The number of aromatic nitrogens is 1. The Balaban J connectivity index is 0.00000450. The van der Waals surface area contributed by atoms with Gasteiger partial charge in [-0.05, 0) is 24.6 Å². The third-order valence-electron chi connectivity index (χ3n) is 4.53. The number of rotatable bonds is 9. The van der Waals surface area contributed by atoms with Gasteiger partial charge in [-0.15, -0.1) is 35.3 Å². The van der Waals surface area contributed by atoms with Crippen LogP contribution in [-0.2, 0) is 12.0 Å². The summed E-state index contributed by atoms with van der Waals surface area (Å²) in [5, 5.41) is 9.80. The van der Waals surface area contributed by atoms with Crippen molar-refractivity contribution in [3.05, 3.63) is 34.8 Å². The molecule has 0 atom stereocenters. The van der Waals surface area contributed by atoms with Crippen molar-refractivity contribution in [1.82, 2.24) is 15.6 Å². The summed E-state index contributed by atoms with van der Waals surface area (Å²) in [4.78, 5) is 11.3. The fourth-order valence-electron chi connectivity index (χ4n) is 2.74. The summed E-state index contributed by atoms with van der Waals surface area (Å²) >= 11 is 1.63. The number of methoxy groups -OCH3 is 2. The van der Waals surface area contributed by atoms with Gasteiger partial charge in [0.2, 0.25) is 0 Å². The van der Waals surface area contributed by atoms with E-state index in [9.17, 15) is 0 Å². The molecule has 0 bridgehead atoms. The molecule has 0 saturated carbocycles. The van der Waals surface area contributed by atoms with Crippen LogP contribution in [0.4, 0.5) is 5.13 Å². The Kier molecular flexibility index (Phi) is 10.7. The van der Waals surface area contributed by atoms with Gasteiger partial charge in [0.15, 0.2) is 22.6 Å². The van der Waals surface area contributed by atoms with Crippen LogP contribution in [0.5, 0.6) is 11.5 Å². The van der Waals surface area contributed by atoms with E-state index < -0.39 is 0 Å². The molecule has 0 fully saturated rings. The smallest absolute Gasteiger partial charge is 0.191 e. The van der Waals surface area contributed by atoms with Gasteiger partial charge in [0.25, 0.3) is 0 Å². The molecule has 168 valence electrons. The van der Waals surface area contributed by atoms with Gasteiger partial charge in [0.05, 0.1) is 26.5 Å². The summed E-state index contributed by atoms with van der Waals surface area (Å²) in [7, 11) is 7.29. The lowest BCUT2D eigenvalue weighted by atomic mass is 9.84. The second kappa shape index (κ2) is 12.2. The van der Waals surface area contributed by atoms with Gasteiger partial charge >= 0.3 is 0 Å². The number of aliphatic imine (C=N–C) groups is 1. The predicted octanol–water partition coefficient (Wildman–Crippen LogP) is 3.88. The lowest BCUT2D eigenvalue weighted by Crippen LogP contribution is -2.43. The maximum absolute atomic E-state index is 5.45. The van der Waals surface area contributed by atoms with E-state index in [-0.39, 0.29) is 29.4 Å². The lowest BCUT2D eigenvalue weighted by Gasteiger charge is -2.27. The quantitative estimate of drug-likeness (QED) is 0.282. The van der Waals surface area contributed by atoms with E-state index in [4.69, 9.17) is 9.47 Å². The Hall–Kier alpha value is -1.75. The highest BCUT2D eigenvalue weighted by Gasteiger charge is 2.22. The van der Waals surface area contributed by atoms with Crippen LogP contribution < -0.4 is 25.0 Å².